The Kier molecular flexibility index (Phi) is 4.87. The highest BCUT2D eigenvalue weighted by molar-refractivity contribution is 7.11. The monoisotopic (exact) mass is 289 g/mol. The van der Waals surface area contributed by atoms with Crippen molar-refractivity contribution in [2.45, 2.75) is 32.9 Å². The lowest BCUT2D eigenvalue weighted by atomic mass is 10.1. The fourth-order valence-electron chi connectivity index (χ4n) is 1.83. The van der Waals surface area contributed by atoms with Crippen LogP contribution < -0.4 is 11.1 Å². The maximum Gasteiger partial charge on any atom is 0.248 e. The highest BCUT2D eigenvalue weighted by atomic mass is 32.1. The summed E-state index contributed by atoms with van der Waals surface area (Å²) in [5, 5.41) is 4.54. The van der Waals surface area contributed by atoms with Crippen molar-refractivity contribution in [2.24, 2.45) is 5.73 Å². The fraction of sp³-hybridized carbons (Fsp3) is 0.333. The third kappa shape index (κ3) is 3.65. The van der Waals surface area contributed by atoms with E-state index in [4.69, 9.17) is 5.73 Å². The summed E-state index contributed by atoms with van der Waals surface area (Å²) in [6.45, 7) is 4.98. The third-order valence-corrected chi connectivity index (χ3v) is 4.47. The summed E-state index contributed by atoms with van der Waals surface area (Å²) in [5.74, 6) is -0.396. The first-order valence-electron chi connectivity index (χ1n) is 6.67. The lowest BCUT2D eigenvalue weighted by Crippen LogP contribution is -2.18. The summed E-state index contributed by atoms with van der Waals surface area (Å²) in [5.41, 5.74) is 6.87. The zero-order valence-electron chi connectivity index (χ0n) is 11.7. The highest BCUT2D eigenvalue weighted by Gasteiger charge is 2.09. The number of amides is 1. The molecule has 0 spiro atoms. The molecule has 5 heteroatoms. The van der Waals surface area contributed by atoms with Gasteiger partial charge in [-0.15, -0.1) is 11.3 Å². The van der Waals surface area contributed by atoms with Crippen molar-refractivity contribution in [3.8, 4) is 0 Å². The number of rotatable bonds is 6. The molecule has 1 unspecified atom stereocenters. The number of aryl methyl sites for hydroxylation is 1. The predicted molar refractivity (Wildman–Crippen MR) is 81.7 cm³/mol. The van der Waals surface area contributed by atoms with Gasteiger partial charge in [0.2, 0.25) is 5.91 Å². The number of nitrogens with one attached hydrogen (secondary N) is 1. The van der Waals surface area contributed by atoms with Crippen LogP contribution in [0.3, 0.4) is 0 Å². The maximum absolute atomic E-state index is 11.0. The van der Waals surface area contributed by atoms with Crippen molar-refractivity contribution < 1.29 is 4.79 Å². The Morgan fingerprint density at radius 1 is 1.40 bits per heavy atom. The fourth-order valence-corrected chi connectivity index (χ4v) is 2.72. The molecule has 2 rings (SSSR count). The van der Waals surface area contributed by atoms with Gasteiger partial charge in [0.15, 0.2) is 0 Å². The van der Waals surface area contributed by atoms with Gasteiger partial charge in [-0.1, -0.05) is 19.1 Å². The lowest BCUT2D eigenvalue weighted by molar-refractivity contribution is 0.100. The molecule has 0 aliphatic heterocycles. The Labute approximate surface area is 123 Å². The van der Waals surface area contributed by atoms with Crippen LogP contribution in [0.15, 0.2) is 30.5 Å². The number of carbonyl (C=O) groups excluding carboxylic acids is 1. The van der Waals surface area contributed by atoms with Crippen LogP contribution in [-0.2, 0) is 13.0 Å². The molecule has 0 saturated carbocycles. The van der Waals surface area contributed by atoms with Crippen LogP contribution >= 0.6 is 11.3 Å². The average molecular weight is 289 g/mol. The molecule has 0 bridgehead atoms. The van der Waals surface area contributed by atoms with Gasteiger partial charge in [-0.2, -0.15) is 0 Å². The smallest absolute Gasteiger partial charge is 0.248 e. The molecular formula is C15H19N3OS. The van der Waals surface area contributed by atoms with Crippen molar-refractivity contribution >= 4 is 17.2 Å². The van der Waals surface area contributed by atoms with Crippen molar-refractivity contribution in [1.82, 2.24) is 10.3 Å². The van der Waals surface area contributed by atoms with Crippen LogP contribution in [0.25, 0.3) is 0 Å². The normalized spacial score (nSPS) is 12.3. The van der Waals surface area contributed by atoms with E-state index in [2.05, 4.69) is 24.1 Å². The Morgan fingerprint density at radius 2 is 2.10 bits per heavy atom. The molecule has 1 heterocycles. The van der Waals surface area contributed by atoms with E-state index in [1.807, 2.05) is 18.3 Å². The van der Waals surface area contributed by atoms with E-state index < -0.39 is 5.91 Å². The van der Waals surface area contributed by atoms with Crippen LogP contribution in [0.1, 0.15) is 45.7 Å². The quantitative estimate of drug-likeness (QED) is 0.859. The van der Waals surface area contributed by atoms with Gasteiger partial charge in [-0.25, -0.2) is 4.98 Å². The van der Waals surface area contributed by atoms with Gasteiger partial charge in [0, 0.05) is 23.2 Å². The molecule has 1 atom stereocenters. The molecule has 106 valence electrons. The number of nitrogens with zero attached hydrogens (tertiary/aromatic N) is 1. The second-order valence-electron chi connectivity index (χ2n) is 4.68. The minimum absolute atomic E-state index is 0.219. The van der Waals surface area contributed by atoms with Gasteiger partial charge in [-0.05, 0) is 31.0 Å². The highest BCUT2D eigenvalue weighted by Crippen LogP contribution is 2.20. The minimum atomic E-state index is -0.396. The Hall–Kier alpha value is -1.72. The molecule has 1 aromatic carbocycles. The summed E-state index contributed by atoms with van der Waals surface area (Å²) in [6, 6.07) is 7.56. The van der Waals surface area contributed by atoms with Crippen molar-refractivity contribution in [3.05, 3.63) is 51.5 Å². The van der Waals surface area contributed by atoms with Crippen LogP contribution in [-0.4, -0.2) is 10.9 Å². The largest absolute Gasteiger partial charge is 0.366 e. The SMILES string of the molecule is CCc1cnc(C(C)NCc2ccc(C(N)=O)cc2)s1. The summed E-state index contributed by atoms with van der Waals surface area (Å²) in [6.07, 6.45) is 2.97. The number of aromatic nitrogens is 1. The first kappa shape index (κ1) is 14.7. The van der Waals surface area contributed by atoms with Crippen LogP contribution in [0.5, 0.6) is 0 Å². The molecule has 0 aliphatic carbocycles. The summed E-state index contributed by atoms with van der Waals surface area (Å²) >= 11 is 1.75. The summed E-state index contributed by atoms with van der Waals surface area (Å²) < 4.78 is 0. The second kappa shape index (κ2) is 6.63. The first-order valence-corrected chi connectivity index (χ1v) is 7.48. The lowest BCUT2D eigenvalue weighted by Gasteiger charge is -2.11. The molecule has 1 aromatic heterocycles. The van der Waals surface area contributed by atoms with Crippen LogP contribution in [0.2, 0.25) is 0 Å². The maximum atomic E-state index is 11.0. The number of benzene rings is 1. The molecule has 0 radical (unpaired) electrons. The van der Waals surface area contributed by atoms with E-state index in [0.717, 1.165) is 23.5 Å². The first-order chi connectivity index (χ1) is 9.60. The molecular weight excluding hydrogens is 270 g/mol. The zero-order valence-corrected chi connectivity index (χ0v) is 12.5. The van der Waals surface area contributed by atoms with Crippen LogP contribution in [0, 0.1) is 0 Å². The topological polar surface area (TPSA) is 68.0 Å². The molecule has 4 nitrogen and oxygen atoms in total. The number of hydrogen-bond acceptors (Lipinski definition) is 4. The number of nitrogens with two attached hydrogens (primary N) is 1. The van der Waals surface area contributed by atoms with E-state index in [-0.39, 0.29) is 6.04 Å². The van der Waals surface area contributed by atoms with E-state index in [9.17, 15) is 4.79 Å². The third-order valence-electron chi connectivity index (χ3n) is 3.14. The van der Waals surface area contributed by atoms with Gasteiger partial charge >= 0.3 is 0 Å². The number of thiazole rings is 1. The van der Waals surface area contributed by atoms with Crippen molar-refractivity contribution in [3.63, 3.8) is 0 Å². The van der Waals surface area contributed by atoms with Gasteiger partial charge in [0.1, 0.15) is 5.01 Å². The summed E-state index contributed by atoms with van der Waals surface area (Å²) in [7, 11) is 0. The van der Waals surface area contributed by atoms with E-state index in [1.54, 1.807) is 23.5 Å². The van der Waals surface area contributed by atoms with Gasteiger partial charge < -0.3 is 11.1 Å². The van der Waals surface area contributed by atoms with E-state index in [1.165, 1.54) is 4.88 Å². The summed E-state index contributed by atoms with van der Waals surface area (Å²) in [4.78, 5) is 16.7. The zero-order chi connectivity index (χ0) is 14.5. The molecule has 3 N–H and O–H groups in total. The average Bonchev–Trinajstić information content (AvgIpc) is 2.94. The van der Waals surface area contributed by atoms with Gasteiger partial charge in [-0.3, -0.25) is 4.79 Å². The molecule has 0 saturated heterocycles. The number of primary amides is 1. The van der Waals surface area contributed by atoms with Gasteiger partial charge in [0.05, 0.1) is 6.04 Å². The molecule has 1 amide bonds. The Balaban J connectivity index is 1.92. The van der Waals surface area contributed by atoms with Gasteiger partial charge in [0.25, 0.3) is 0 Å². The molecule has 0 fully saturated rings. The molecule has 20 heavy (non-hydrogen) atoms. The molecule has 2 aromatic rings. The van der Waals surface area contributed by atoms with Crippen molar-refractivity contribution in [1.29, 1.82) is 0 Å². The second-order valence-corrected chi connectivity index (χ2v) is 5.83. The van der Waals surface area contributed by atoms with E-state index >= 15 is 0 Å². The van der Waals surface area contributed by atoms with E-state index in [0.29, 0.717) is 5.56 Å². The van der Waals surface area contributed by atoms with Crippen LogP contribution in [0.4, 0.5) is 0 Å². The Bertz CT molecular complexity index is 577. The number of hydrogen-bond donors (Lipinski definition) is 2. The molecule has 0 aliphatic rings. The predicted octanol–water partition coefficient (Wildman–Crippen LogP) is 2.66. The number of carbonyl (C=O) groups is 1. The minimum Gasteiger partial charge on any atom is -0.366 e. The van der Waals surface area contributed by atoms with Crippen molar-refractivity contribution in [2.75, 3.05) is 0 Å². The standard InChI is InChI=1S/C15H19N3OS/c1-3-13-9-18-15(20-13)10(2)17-8-11-4-6-12(7-5-11)14(16)19/h4-7,9-10,17H,3,8H2,1-2H3,(H2,16,19). The Morgan fingerprint density at radius 3 is 2.65 bits per heavy atom.